The zero-order valence-corrected chi connectivity index (χ0v) is 20.3. The van der Waals surface area contributed by atoms with E-state index >= 15 is 0 Å². The van der Waals surface area contributed by atoms with Gasteiger partial charge in [-0.2, -0.15) is 5.10 Å². The van der Waals surface area contributed by atoms with E-state index in [9.17, 15) is 14.4 Å². The van der Waals surface area contributed by atoms with E-state index in [4.69, 9.17) is 4.74 Å². The molecule has 4 rings (SSSR count). The Morgan fingerprint density at radius 3 is 2.34 bits per heavy atom. The van der Waals surface area contributed by atoms with Gasteiger partial charge in [0.1, 0.15) is 0 Å². The van der Waals surface area contributed by atoms with Gasteiger partial charge in [0.05, 0.1) is 24.5 Å². The molecule has 8 heteroatoms. The Hall–Kier alpha value is -3.52. The number of hydrazone groups is 1. The molecule has 1 fully saturated rings. The van der Waals surface area contributed by atoms with E-state index in [0.29, 0.717) is 38.2 Å². The van der Waals surface area contributed by atoms with E-state index in [0.717, 1.165) is 16.8 Å². The molecule has 2 unspecified atom stereocenters. The van der Waals surface area contributed by atoms with E-state index in [1.165, 1.54) is 5.01 Å². The number of hydrogen-bond acceptors (Lipinski definition) is 5. The molecule has 2 aromatic carbocycles. The number of morpholine rings is 1. The second kappa shape index (κ2) is 11.3. The summed E-state index contributed by atoms with van der Waals surface area (Å²) >= 11 is 0. The second-order valence-electron chi connectivity index (χ2n) is 9.12. The summed E-state index contributed by atoms with van der Waals surface area (Å²) in [6.07, 6.45) is 0.973. The minimum absolute atomic E-state index is 0.0129. The van der Waals surface area contributed by atoms with Gasteiger partial charge in [0.15, 0.2) is 0 Å². The quantitative estimate of drug-likeness (QED) is 0.665. The number of benzene rings is 2. The van der Waals surface area contributed by atoms with E-state index < -0.39 is 0 Å². The maximum atomic E-state index is 12.8. The summed E-state index contributed by atoms with van der Waals surface area (Å²) in [6, 6.07) is 17.1. The second-order valence-corrected chi connectivity index (χ2v) is 9.12. The van der Waals surface area contributed by atoms with Gasteiger partial charge in [0.25, 0.3) is 5.91 Å². The molecule has 35 heavy (non-hydrogen) atoms. The van der Waals surface area contributed by atoms with Crippen molar-refractivity contribution in [2.75, 3.05) is 19.6 Å². The van der Waals surface area contributed by atoms with Crippen LogP contribution in [0.15, 0.2) is 59.7 Å². The molecule has 0 aliphatic carbocycles. The molecule has 1 saturated heterocycles. The van der Waals surface area contributed by atoms with E-state index in [-0.39, 0.29) is 42.8 Å². The van der Waals surface area contributed by atoms with Crippen molar-refractivity contribution in [1.82, 2.24) is 15.2 Å². The molecule has 8 nitrogen and oxygen atoms in total. The lowest BCUT2D eigenvalue weighted by Gasteiger charge is -2.35. The van der Waals surface area contributed by atoms with Crippen molar-refractivity contribution in [2.24, 2.45) is 5.10 Å². The first-order chi connectivity index (χ1) is 16.9. The minimum atomic E-state index is -0.193. The van der Waals surface area contributed by atoms with E-state index in [2.05, 4.69) is 10.4 Å². The predicted octanol–water partition coefficient (Wildman–Crippen LogP) is 2.97. The third kappa shape index (κ3) is 6.54. The van der Waals surface area contributed by atoms with Crippen molar-refractivity contribution in [2.45, 2.75) is 51.9 Å². The van der Waals surface area contributed by atoms with Crippen molar-refractivity contribution in [3.8, 4) is 0 Å². The van der Waals surface area contributed by atoms with Crippen molar-refractivity contribution >= 4 is 23.4 Å². The molecule has 2 heterocycles. The average Bonchev–Trinajstić information content (AvgIpc) is 3.36. The number of amides is 3. The van der Waals surface area contributed by atoms with Crippen molar-refractivity contribution < 1.29 is 19.1 Å². The SMILES string of the molecule is CC1CN(C(=O)c2ccc(CNC(=O)CCC(=O)N3CCC(c4ccccc4)=N3)cc2)CC(C)O1. The Balaban J connectivity index is 1.21. The molecule has 184 valence electrons. The van der Waals surface area contributed by atoms with Crippen LogP contribution in [0.3, 0.4) is 0 Å². The minimum Gasteiger partial charge on any atom is -0.372 e. The molecule has 0 saturated carbocycles. The van der Waals surface area contributed by atoms with Gasteiger partial charge in [-0.3, -0.25) is 14.4 Å². The number of ether oxygens (including phenoxy) is 1. The number of rotatable bonds is 7. The van der Waals surface area contributed by atoms with Gasteiger partial charge >= 0.3 is 0 Å². The van der Waals surface area contributed by atoms with Gasteiger partial charge < -0.3 is 15.0 Å². The summed E-state index contributed by atoms with van der Waals surface area (Å²) in [7, 11) is 0. The monoisotopic (exact) mass is 476 g/mol. The lowest BCUT2D eigenvalue weighted by molar-refractivity contribution is -0.133. The highest BCUT2D eigenvalue weighted by molar-refractivity contribution is 6.02. The van der Waals surface area contributed by atoms with Crippen LogP contribution >= 0.6 is 0 Å². The Kier molecular flexibility index (Phi) is 7.92. The topological polar surface area (TPSA) is 91.3 Å². The fourth-order valence-electron chi connectivity index (χ4n) is 4.40. The van der Waals surface area contributed by atoms with Crippen LogP contribution in [0.2, 0.25) is 0 Å². The van der Waals surface area contributed by atoms with Gasteiger partial charge in [-0.15, -0.1) is 0 Å². The summed E-state index contributed by atoms with van der Waals surface area (Å²) < 4.78 is 5.70. The largest absolute Gasteiger partial charge is 0.372 e. The number of hydrogen-bond donors (Lipinski definition) is 1. The Bertz CT molecular complexity index is 1070. The standard InChI is InChI=1S/C27H32N4O4/c1-19-17-30(18-20(2)35-19)27(34)23-10-8-21(9-11-23)16-28-25(32)12-13-26(33)31-15-14-24(29-31)22-6-4-3-5-7-22/h3-11,19-20H,12-18H2,1-2H3,(H,28,32). The highest BCUT2D eigenvalue weighted by Gasteiger charge is 2.26. The molecule has 0 radical (unpaired) electrons. The van der Waals surface area contributed by atoms with Gasteiger partial charge in [0, 0.05) is 44.5 Å². The molecule has 2 aliphatic heterocycles. The van der Waals surface area contributed by atoms with Crippen LogP contribution in [0, 0.1) is 0 Å². The molecule has 0 spiro atoms. The third-order valence-corrected chi connectivity index (χ3v) is 6.16. The molecule has 2 atom stereocenters. The molecular formula is C27H32N4O4. The normalized spacial score (nSPS) is 19.9. The number of nitrogens with one attached hydrogen (secondary N) is 1. The fourth-order valence-corrected chi connectivity index (χ4v) is 4.40. The van der Waals surface area contributed by atoms with E-state index in [1.807, 2.05) is 61.2 Å². The molecule has 2 aliphatic rings. The summed E-state index contributed by atoms with van der Waals surface area (Å²) in [5.74, 6) is -0.358. The molecule has 0 bridgehead atoms. The lowest BCUT2D eigenvalue weighted by Crippen LogP contribution is -2.48. The Morgan fingerprint density at radius 1 is 0.971 bits per heavy atom. The van der Waals surface area contributed by atoms with Crippen LogP contribution in [0.5, 0.6) is 0 Å². The number of carbonyl (C=O) groups excluding carboxylic acids is 3. The molecule has 0 aromatic heterocycles. The van der Waals surface area contributed by atoms with Gasteiger partial charge in [-0.1, -0.05) is 42.5 Å². The third-order valence-electron chi connectivity index (χ3n) is 6.16. The van der Waals surface area contributed by atoms with Crippen LogP contribution in [0.25, 0.3) is 0 Å². The lowest BCUT2D eigenvalue weighted by atomic mass is 10.1. The maximum Gasteiger partial charge on any atom is 0.254 e. The zero-order chi connectivity index (χ0) is 24.8. The highest BCUT2D eigenvalue weighted by Crippen LogP contribution is 2.16. The molecular weight excluding hydrogens is 444 g/mol. The van der Waals surface area contributed by atoms with Crippen LogP contribution in [0.4, 0.5) is 0 Å². The van der Waals surface area contributed by atoms with Crippen LogP contribution in [-0.4, -0.2) is 65.2 Å². The summed E-state index contributed by atoms with van der Waals surface area (Å²) in [4.78, 5) is 39.3. The average molecular weight is 477 g/mol. The zero-order valence-electron chi connectivity index (χ0n) is 20.3. The number of nitrogens with zero attached hydrogens (tertiary/aromatic N) is 3. The first-order valence-electron chi connectivity index (χ1n) is 12.1. The van der Waals surface area contributed by atoms with E-state index in [1.54, 1.807) is 12.1 Å². The van der Waals surface area contributed by atoms with Crippen molar-refractivity contribution in [1.29, 1.82) is 0 Å². The van der Waals surface area contributed by atoms with Gasteiger partial charge in [-0.05, 0) is 37.1 Å². The molecule has 3 amide bonds. The smallest absolute Gasteiger partial charge is 0.254 e. The first kappa shape index (κ1) is 24.6. The Labute approximate surface area is 205 Å². The van der Waals surface area contributed by atoms with Crippen LogP contribution in [0.1, 0.15) is 54.6 Å². The predicted molar refractivity (Wildman–Crippen MR) is 133 cm³/mol. The summed E-state index contributed by atoms with van der Waals surface area (Å²) in [6.45, 7) is 5.97. The van der Waals surface area contributed by atoms with Gasteiger partial charge in [0.2, 0.25) is 11.8 Å². The summed E-state index contributed by atoms with van der Waals surface area (Å²) in [5.41, 5.74) is 3.42. The van der Waals surface area contributed by atoms with Crippen LogP contribution < -0.4 is 5.32 Å². The van der Waals surface area contributed by atoms with Crippen molar-refractivity contribution in [3.05, 3.63) is 71.3 Å². The fraction of sp³-hybridized carbons (Fsp3) is 0.407. The first-order valence-corrected chi connectivity index (χ1v) is 12.1. The van der Waals surface area contributed by atoms with Gasteiger partial charge in [-0.25, -0.2) is 5.01 Å². The Morgan fingerprint density at radius 2 is 1.66 bits per heavy atom. The molecule has 1 N–H and O–H groups in total. The summed E-state index contributed by atoms with van der Waals surface area (Å²) in [5, 5.41) is 8.73. The maximum absolute atomic E-state index is 12.8. The highest BCUT2D eigenvalue weighted by atomic mass is 16.5. The van der Waals surface area contributed by atoms with Crippen LogP contribution in [-0.2, 0) is 20.9 Å². The molecule has 2 aromatic rings. The van der Waals surface area contributed by atoms with Crippen molar-refractivity contribution in [3.63, 3.8) is 0 Å². The number of carbonyl (C=O) groups is 3.